The van der Waals surface area contributed by atoms with E-state index in [-0.39, 0.29) is 11.4 Å². The van der Waals surface area contributed by atoms with Crippen LogP contribution in [0.4, 0.5) is 0 Å². The van der Waals surface area contributed by atoms with Gasteiger partial charge in [0.1, 0.15) is 0 Å². The molecular formula is C14H25BrN4O. The number of carbonyl (C=O) groups excluding carboxylic acids is 1. The van der Waals surface area contributed by atoms with Crippen LogP contribution in [0.2, 0.25) is 0 Å². The van der Waals surface area contributed by atoms with E-state index < -0.39 is 0 Å². The Hall–Kier alpha value is -0.880. The van der Waals surface area contributed by atoms with Gasteiger partial charge in [-0.05, 0) is 50.5 Å². The quantitative estimate of drug-likeness (QED) is 0.779. The summed E-state index contributed by atoms with van der Waals surface area (Å²) in [5, 5.41) is 10.7. The number of hydrogen-bond acceptors (Lipinski definition) is 3. The van der Waals surface area contributed by atoms with Gasteiger partial charge in [0.25, 0.3) is 0 Å². The van der Waals surface area contributed by atoms with Crippen molar-refractivity contribution in [3.05, 3.63) is 15.9 Å². The standard InChI is InChI=1S/C14H25BrN4O/c1-6-19-11(13(15)10(2)18-19)9-16-8-7-12(20)17-14(3,4)5/h16H,6-9H2,1-5H3,(H,17,20). The zero-order valence-corrected chi connectivity index (χ0v) is 14.6. The molecule has 0 radical (unpaired) electrons. The Morgan fingerprint density at radius 3 is 2.60 bits per heavy atom. The van der Waals surface area contributed by atoms with Gasteiger partial charge in [-0.2, -0.15) is 5.10 Å². The van der Waals surface area contributed by atoms with Gasteiger partial charge in [0, 0.05) is 31.6 Å². The summed E-state index contributed by atoms with van der Waals surface area (Å²) >= 11 is 3.56. The molecule has 1 heterocycles. The molecule has 6 heteroatoms. The zero-order chi connectivity index (χ0) is 15.3. The van der Waals surface area contributed by atoms with Crippen molar-refractivity contribution in [3.63, 3.8) is 0 Å². The molecule has 0 aliphatic heterocycles. The Labute approximate surface area is 129 Å². The molecule has 1 rings (SSSR count). The van der Waals surface area contributed by atoms with E-state index in [9.17, 15) is 4.79 Å². The van der Waals surface area contributed by atoms with Gasteiger partial charge in [-0.1, -0.05) is 0 Å². The number of amides is 1. The predicted molar refractivity (Wildman–Crippen MR) is 84.6 cm³/mol. The van der Waals surface area contributed by atoms with Gasteiger partial charge in [-0.25, -0.2) is 0 Å². The average molecular weight is 345 g/mol. The summed E-state index contributed by atoms with van der Waals surface area (Å²) in [5.41, 5.74) is 1.95. The summed E-state index contributed by atoms with van der Waals surface area (Å²) < 4.78 is 3.02. The van der Waals surface area contributed by atoms with Crippen molar-refractivity contribution in [2.75, 3.05) is 6.54 Å². The number of nitrogens with zero attached hydrogens (tertiary/aromatic N) is 2. The molecule has 20 heavy (non-hydrogen) atoms. The molecule has 0 saturated heterocycles. The molecule has 114 valence electrons. The van der Waals surface area contributed by atoms with Crippen LogP contribution in [0.3, 0.4) is 0 Å². The Kier molecular flexibility index (Phi) is 6.20. The molecule has 1 amide bonds. The van der Waals surface area contributed by atoms with Crippen molar-refractivity contribution in [2.45, 2.75) is 59.7 Å². The lowest BCUT2D eigenvalue weighted by Gasteiger charge is -2.20. The summed E-state index contributed by atoms with van der Waals surface area (Å²) in [7, 11) is 0. The number of nitrogens with one attached hydrogen (secondary N) is 2. The molecule has 1 aromatic heterocycles. The van der Waals surface area contributed by atoms with Crippen LogP contribution in [0.1, 0.15) is 45.5 Å². The van der Waals surface area contributed by atoms with E-state index in [0.29, 0.717) is 19.5 Å². The topological polar surface area (TPSA) is 59.0 Å². The van der Waals surface area contributed by atoms with Crippen LogP contribution in [0.15, 0.2) is 4.47 Å². The maximum atomic E-state index is 11.7. The zero-order valence-electron chi connectivity index (χ0n) is 13.0. The molecule has 5 nitrogen and oxygen atoms in total. The first-order valence-electron chi connectivity index (χ1n) is 6.98. The smallest absolute Gasteiger partial charge is 0.221 e. The highest BCUT2D eigenvalue weighted by atomic mass is 79.9. The van der Waals surface area contributed by atoms with E-state index in [4.69, 9.17) is 0 Å². The van der Waals surface area contributed by atoms with E-state index in [1.165, 1.54) is 0 Å². The Balaban J connectivity index is 2.40. The summed E-state index contributed by atoms with van der Waals surface area (Å²) in [6.45, 7) is 12.2. The van der Waals surface area contributed by atoms with Crippen LogP contribution in [-0.4, -0.2) is 27.8 Å². The fourth-order valence-electron chi connectivity index (χ4n) is 1.93. The molecule has 0 atom stereocenters. The molecule has 2 N–H and O–H groups in total. The lowest BCUT2D eigenvalue weighted by Crippen LogP contribution is -2.41. The second kappa shape index (κ2) is 7.22. The van der Waals surface area contributed by atoms with E-state index in [2.05, 4.69) is 38.6 Å². The normalized spacial score (nSPS) is 11.7. The number of aromatic nitrogens is 2. The van der Waals surface area contributed by atoms with Crippen molar-refractivity contribution >= 4 is 21.8 Å². The monoisotopic (exact) mass is 344 g/mol. The SMILES string of the molecule is CCn1nc(C)c(Br)c1CNCCC(=O)NC(C)(C)C. The molecule has 0 fully saturated rings. The second-order valence-corrected chi connectivity index (χ2v) is 6.68. The first kappa shape index (κ1) is 17.2. The van der Waals surface area contributed by atoms with Gasteiger partial charge in [-0.3, -0.25) is 9.48 Å². The predicted octanol–water partition coefficient (Wildman–Crippen LogP) is 2.37. The highest BCUT2D eigenvalue weighted by Gasteiger charge is 2.14. The van der Waals surface area contributed by atoms with Gasteiger partial charge in [-0.15, -0.1) is 0 Å². The van der Waals surface area contributed by atoms with Crippen LogP contribution in [0.5, 0.6) is 0 Å². The molecule has 0 saturated carbocycles. The van der Waals surface area contributed by atoms with E-state index in [1.54, 1.807) is 0 Å². The van der Waals surface area contributed by atoms with E-state index >= 15 is 0 Å². The van der Waals surface area contributed by atoms with Gasteiger partial charge < -0.3 is 10.6 Å². The molecule has 0 aromatic carbocycles. The van der Waals surface area contributed by atoms with Crippen LogP contribution in [0.25, 0.3) is 0 Å². The fourth-order valence-corrected chi connectivity index (χ4v) is 2.35. The summed E-state index contributed by atoms with van der Waals surface area (Å²) in [6, 6.07) is 0. The van der Waals surface area contributed by atoms with Gasteiger partial charge in [0.05, 0.1) is 15.9 Å². The largest absolute Gasteiger partial charge is 0.351 e. The molecule has 0 aliphatic carbocycles. The van der Waals surface area contributed by atoms with E-state index in [0.717, 1.165) is 22.4 Å². The Morgan fingerprint density at radius 1 is 1.40 bits per heavy atom. The number of hydrogen-bond donors (Lipinski definition) is 2. The third kappa shape index (κ3) is 5.25. The van der Waals surface area contributed by atoms with Crippen LogP contribution < -0.4 is 10.6 Å². The van der Waals surface area contributed by atoms with Crippen molar-refractivity contribution < 1.29 is 4.79 Å². The minimum atomic E-state index is -0.169. The lowest BCUT2D eigenvalue weighted by molar-refractivity contribution is -0.122. The lowest BCUT2D eigenvalue weighted by atomic mass is 10.1. The second-order valence-electron chi connectivity index (χ2n) is 5.89. The molecule has 0 unspecified atom stereocenters. The van der Waals surface area contributed by atoms with Crippen molar-refractivity contribution in [1.29, 1.82) is 0 Å². The van der Waals surface area contributed by atoms with Crippen LogP contribution in [0, 0.1) is 6.92 Å². The first-order chi connectivity index (χ1) is 9.24. The highest BCUT2D eigenvalue weighted by molar-refractivity contribution is 9.10. The van der Waals surface area contributed by atoms with Crippen LogP contribution in [-0.2, 0) is 17.9 Å². The average Bonchev–Trinajstić information content (AvgIpc) is 2.59. The Morgan fingerprint density at radius 2 is 2.05 bits per heavy atom. The first-order valence-corrected chi connectivity index (χ1v) is 7.77. The molecule has 0 spiro atoms. The van der Waals surface area contributed by atoms with Gasteiger partial charge >= 0.3 is 0 Å². The van der Waals surface area contributed by atoms with E-state index in [1.807, 2.05) is 32.4 Å². The fraction of sp³-hybridized carbons (Fsp3) is 0.714. The number of rotatable bonds is 6. The number of carbonyl (C=O) groups is 1. The van der Waals surface area contributed by atoms with Gasteiger partial charge in [0.2, 0.25) is 5.91 Å². The number of halogens is 1. The van der Waals surface area contributed by atoms with Gasteiger partial charge in [0.15, 0.2) is 0 Å². The highest BCUT2D eigenvalue weighted by Crippen LogP contribution is 2.20. The molecule has 1 aromatic rings. The minimum absolute atomic E-state index is 0.0734. The Bertz CT molecular complexity index is 462. The minimum Gasteiger partial charge on any atom is -0.351 e. The van der Waals surface area contributed by atoms with Crippen molar-refractivity contribution in [3.8, 4) is 0 Å². The summed E-state index contributed by atoms with van der Waals surface area (Å²) in [5.74, 6) is 0.0734. The maximum absolute atomic E-state index is 11.7. The number of aryl methyl sites for hydroxylation is 2. The molecular weight excluding hydrogens is 320 g/mol. The summed E-state index contributed by atoms with van der Waals surface area (Å²) in [6.07, 6.45) is 0.480. The maximum Gasteiger partial charge on any atom is 0.221 e. The van der Waals surface area contributed by atoms with Crippen molar-refractivity contribution in [2.24, 2.45) is 0 Å². The summed E-state index contributed by atoms with van der Waals surface area (Å²) in [4.78, 5) is 11.7. The van der Waals surface area contributed by atoms with Crippen molar-refractivity contribution in [1.82, 2.24) is 20.4 Å². The molecule has 0 aliphatic rings. The van der Waals surface area contributed by atoms with Crippen LogP contribution >= 0.6 is 15.9 Å². The third-order valence-corrected chi connectivity index (χ3v) is 3.82. The molecule has 0 bridgehead atoms. The third-order valence-electron chi connectivity index (χ3n) is 2.79.